The third-order valence-corrected chi connectivity index (χ3v) is 5.27. The molecule has 3 rings (SSSR count). The summed E-state index contributed by atoms with van der Waals surface area (Å²) in [5.74, 6) is 1.10. The second kappa shape index (κ2) is 10.4. The Kier molecular flexibility index (Phi) is 7.41. The van der Waals surface area contributed by atoms with Gasteiger partial charge >= 0.3 is 6.09 Å². The topological polar surface area (TPSA) is 116 Å². The molecular weight excluding hydrogens is 422 g/mol. The minimum absolute atomic E-state index is 0.0458. The van der Waals surface area contributed by atoms with Crippen LogP contribution in [0.2, 0.25) is 0 Å². The molecule has 1 aromatic heterocycles. The molecule has 0 bridgehead atoms. The van der Waals surface area contributed by atoms with E-state index in [1.165, 1.54) is 37.6 Å². The van der Waals surface area contributed by atoms with Gasteiger partial charge in [0.15, 0.2) is 0 Å². The zero-order chi connectivity index (χ0) is 22.1. The van der Waals surface area contributed by atoms with Gasteiger partial charge in [0, 0.05) is 25.9 Å². The molecule has 0 saturated heterocycles. The zero-order valence-corrected chi connectivity index (χ0v) is 17.5. The summed E-state index contributed by atoms with van der Waals surface area (Å²) in [7, 11) is -2.36. The molecule has 3 aromatic rings. The van der Waals surface area contributed by atoms with Crippen LogP contribution in [0.25, 0.3) is 0 Å². The van der Waals surface area contributed by atoms with Gasteiger partial charge in [-0.3, -0.25) is 4.72 Å². The smallest absolute Gasteiger partial charge is 0.414 e. The van der Waals surface area contributed by atoms with Crippen LogP contribution >= 0.6 is 0 Å². The Morgan fingerprint density at radius 3 is 2.42 bits per heavy atom. The molecule has 0 aliphatic carbocycles. The average Bonchev–Trinajstić information content (AvgIpc) is 2.75. The van der Waals surface area contributed by atoms with Crippen molar-refractivity contribution in [1.82, 2.24) is 10.3 Å². The van der Waals surface area contributed by atoms with Crippen molar-refractivity contribution in [2.24, 2.45) is 0 Å². The van der Waals surface area contributed by atoms with Gasteiger partial charge in [0.1, 0.15) is 11.5 Å². The van der Waals surface area contributed by atoms with E-state index in [2.05, 4.69) is 15.0 Å². The number of benzene rings is 2. The van der Waals surface area contributed by atoms with Crippen molar-refractivity contribution in [3.8, 4) is 17.4 Å². The first-order valence-corrected chi connectivity index (χ1v) is 10.7. The molecule has 0 radical (unpaired) electrons. The second-order valence-corrected chi connectivity index (χ2v) is 7.87. The lowest BCUT2D eigenvalue weighted by atomic mass is 10.3. The number of carbonyl (C=O) groups excluding carboxylic acids is 1. The van der Waals surface area contributed by atoms with Crippen molar-refractivity contribution in [3.63, 3.8) is 0 Å². The Balaban J connectivity index is 1.64. The summed E-state index contributed by atoms with van der Waals surface area (Å²) >= 11 is 0. The molecule has 0 aliphatic heterocycles. The first-order valence-electron chi connectivity index (χ1n) is 9.23. The number of sulfonamides is 1. The molecule has 162 valence electrons. The molecule has 1 heterocycles. The van der Waals surface area contributed by atoms with Gasteiger partial charge in [0.05, 0.1) is 17.2 Å². The van der Waals surface area contributed by atoms with Gasteiger partial charge in [-0.05, 0) is 42.5 Å². The van der Waals surface area contributed by atoms with Crippen LogP contribution < -0.4 is 19.5 Å². The number of nitrogens with zero attached hydrogens (tertiary/aromatic N) is 1. The van der Waals surface area contributed by atoms with Gasteiger partial charge in [0.2, 0.25) is 5.88 Å². The van der Waals surface area contributed by atoms with Crippen molar-refractivity contribution in [3.05, 3.63) is 72.9 Å². The number of aromatic nitrogens is 1. The Morgan fingerprint density at radius 1 is 1.00 bits per heavy atom. The maximum absolute atomic E-state index is 12.7. The standard InChI is InChI=1S/C21H21N3O6S/c1-28-14-13-23-21(25)30-20-15-16(11-12-22-20)24-31(26,27)19-9-7-18(8-10-19)29-17-5-3-2-4-6-17/h2-12,15H,13-14H2,1H3,(H,22,24)(H,23,25). The number of rotatable bonds is 9. The number of para-hydroxylation sites is 1. The zero-order valence-electron chi connectivity index (χ0n) is 16.6. The molecule has 0 spiro atoms. The number of amides is 1. The molecule has 10 heteroatoms. The van der Waals surface area contributed by atoms with Crippen molar-refractivity contribution in [1.29, 1.82) is 0 Å². The summed E-state index contributed by atoms with van der Waals surface area (Å²) in [6.45, 7) is 0.600. The van der Waals surface area contributed by atoms with E-state index in [0.29, 0.717) is 18.1 Å². The summed E-state index contributed by atoms with van der Waals surface area (Å²) in [6.07, 6.45) is 0.602. The first kappa shape index (κ1) is 22.1. The highest BCUT2D eigenvalue weighted by atomic mass is 32.2. The number of carbonyl (C=O) groups is 1. The summed E-state index contributed by atoms with van der Waals surface area (Å²) in [4.78, 5) is 15.6. The van der Waals surface area contributed by atoms with Crippen LogP contribution in [0.1, 0.15) is 0 Å². The van der Waals surface area contributed by atoms with Crippen molar-refractivity contribution in [2.75, 3.05) is 25.0 Å². The predicted molar refractivity (Wildman–Crippen MR) is 114 cm³/mol. The lowest BCUT2D eigenvalue weighted by Gasteiger charge is -2.10. The fraction of sp³-hybridized carbons (Fsp3) is 0.143. The van der Waals surface area contributed by atoms with Gasteiger partial charge in [-0.15, -0.1) is 0 Å². The summed E-state index contributed by atoms with van der Waals surface area (Å²) in [5.41, 5.74) is 0.194. The van der Waals surface area contributed by atoms with Crippen LogP contribution in [0.5, 0.6) is 17.4 Å². The van der Waals surface area contributed by atoms with Gasteiger partial charge in [0.25, 0.3) is 10.0 Å². The molecule has 9 nitrogen and oxygen atoms in total. The van der Waals surface area contributed by atoms with Gasteiger partial charge in [-0.2, -0.15) is 0 Å². The largest absolute Gasteiger partial charge is 0.457 e. The van der Waals surface area contributed by atoms with Crippen LogP contribution in [-0.4, -0.2) is 39.8 Å². The predicted octanol–water partition coefficient (Wildman–Crippen LogP) is 3.41. The van der Waals surface area contributed by atoms with E-state index in [4.69, 9.17) is 14.2 Å². The van der Waals surface area contributed by atoms with Crippen molar-refractivity contribution >= 4 is 21.8 Å². The minimum atomic E-state index is -3.87. The van der Waals surface area contributed by atoms with Crippen LogP contribution in [0, 0.1) is 0 Å². The minimum Gasteiger partial charge on any atom is -0.457 e. The molecule has 1 amide bonds. The van der Waals surface area contributed by atoms with E-state index >= 15 is 0 Å². The molecule has 2 N–H and O–H groups in total. The maximum atomic E-state index is 12.7. The Morgan fingerprint density at radius 2 is 1.71 bits per heavy atom. The number of hydrogen-bond donors (Lipinski definition) is 2. The fourth-order valence-corrected chi connectivity index (χ4v) is 3.49. The lowest BCUT2D eigenvalue weighted by Crippen LogP contribution is -2.30. The summed E-state index contributed by atoms with van der Waals surface area (Å²) < 4.78 is 43.3. The maximum Gasteiger partial charge on any atom is 0.414 e. The highest BCUT2D eigenvalue weighted by Crippen LogP contribution is 2.24. The van der Waals surface area contributed by atoms with Crippen LogP contribution in [0.15, 0.2) is 77.8 Å². The van der Waals surface area contributed by atoms with Crippen molar-refractivity contribution < 1.29 is 27.4 Å². The second-order valence-electron chi connectivity index (χ2n) is 6.18. The summed E-state index contributed by atoms with van der Waals surface area (Å²) in [6, 6.07) is 17.9. The monoisotopic (exact) mass is 443 g/mol. The number of ether oxygens (including phenoxy) is 3. The highest BCUT2D eigenvalue weighted by Gasteiger charge is 2.15. The van der Waals surface area contributed by atoms with E-state index in [1.807, 2.05) is 18.2 Å². The number of anilines is 1. The Labute approximate surface area is 180 Å². The summed E-state index contributed by atoms with van der Waals surface area (Å²) in [5, 5.41) is 2.47. The molecular formula is C21H21N3O6S. The molecule has 0 atom stereocenters. The van der Waals surface area contributed by atoms with E-state index in [-0.39, 0.29) is 23.0 Å². The first-order chi connectivity index (χ1) is 15.0. The normalized spacial score (nSPS) is 10.9. The molecule has 0 aliphatic rings. The third kappa shape index (κ3) is 6.69. The molecule has 0 saturated carbocycles. The van der Waals surface area contributed by atoms with E-state index < -0.39 is 16.1 Å². The number of hydrogen-bond acceptors (Lipinski definition) is 7. The number of nitrogens with one attached hydrogen (secondary N) is 2. The van der Waals surface area contributed by atoms with Crippen LogP contribution in [0.3, 0.4) is 0 Å². The highest BCUT2D eigenvalue weighted by molar-refractivity contribution is 7.92. The lowest BCUT2D eigenvalue weighted by molar-refractivity contribution is 0.179. The van der Waals surface area contributed by atoms with E-state index in [9.17, 15) is 13.2 Å². The van der Waals surface area contributed by atoms with Gasteiger partial charge < -0.3 is 19.5 Å². The van der Waals surface area contributed by atoms with Crippen molar-refractivity contribution in [2.45, 2.75) is 4.90 Å². The average molecular weight is 443 g/mol. The Hall–Kier alpha value is -3.63. The van der Waals surface area contributed by atoms with Gasteiger partial charge in [-0.1, -0.05) is 18.2 Å². The van der Waals surface area contributed by atoms with Crippen LogP contribution in [-0.2, 0) is 14.8 Å². The third-order valence-electron chi connectivity index (χ3n) is 3.87. The Bertz CT molecular complexity index is 1110. The molecule has 31 heavy (non-hydrogen) atoms. The molecule has 2 aromatic carbocycles. The van der Waals surface area contributed by atoms with Crippen LogP contribution in [0.4, 0.5) is 10.5 Å². The molecule has 0 unspecified atom stereocenters. The number of pyridine rings is 1. The number of methoxy groups -OCH3 is 1. The van der Waals surface area contributed by atoms with E-state index in [0.717, 1.165) is 0 Å². The SMILES string of the molecule is COCCNC(=O)Oc1cc(NS(=O)(=O)c2ccc(Oc3ccccc3)cc2)ccn1. The van der Waals surface area contributed by atoms with Gasteiger partial charge in [-0.25, -0.2) is 18.2 Å². The van der Waals surface area contributed by atoms with E-state index in [1.54, 1.807) is 24.3 Å². The quantitative estimate of drug-likeness (QED) is 0.487. The fourth-order valence-electron chi connectivity index (χ4n) is 2.44. The molecule has 0 fully saturated rings.